The Bertz CT molecular complexity index is 432. The van der Waals surface area contributed by atoms with Crippen LogP contribution >= 0.6 is 11.6 Å². The van der Waals surface area contributed by atoms with Gasteiger partial charge in [0.15, 0.2) is 0 Å². The van der Waals surface area contributed by atoms with Crippen molar-refractivity contribution in [2.24, 2.45) is 0 Å². The molecule has 3 nitrogen and oxygen atoms in total. The van der Waals surface area contributed by atoms with E-state index in [1.807, 2.05) is 0 Å². The predicted molar refractivity (Wildman–Crippen MR) is 66.9 cm³/mol. The highest BCUT2D eigenvalue weighted by Crippen LogP contribution is 2.23. The molecular weight excluding hydrogens is 257 g/mol. The number of hydrogen-bond donors (Lipinski definition) is 1. The van der Waals surface area contributed by atoms with E-state index in [2.05, 4.69) is 0 Å². The molecule has 0 aliphatic carbocycles. The molecular formula is C13H15ClFNO2. The lowest BCUT2D eigenvalue weighted by atomic mass is 10.1. The molecule has 1 heterocycles. The first-order chi connectivity index (χ1) is 8.63. The fraction of sp³-hybridized carbons (Fsp3) is 0.462. The van der Waals surface area contributed by atoms with Crippen molar-refractivity contribution in [3.05, 3.63) is 34.6 Å². The van der Waals surface area contributed by atoms with Crippen molar-refractivity contribution < 1.29 is 14.3 Å². The number of halogens is 2. The van der Waals surface area contributed by atoms with Crippen LogP contribution in [0.5, 0.6) is 0 Å². The van der Waals surface area contributed by atoms with Gasteiger partial charge in [-0.25, -0.2) is 4.39 Å². The summed E-state index contributed by atoms with van der Waals surface area (Å²) in [5.74, 6) is -0.644. The van der Waals surface area contributed by atoms with Gasteiger partial charge in [-0.1, -0.05) is 17.7 Å². The summed E-state index contributed by atoms with van der Waals surface area (Å²) in [6, 6.07) is 4.24. The topological polar surface area (TPSA) is 40.5 Å². The molecule has 98 valence electrons. The summed E-state index contributed by atoms with van der Waals surface area (Å²) in [4.78, 5) is 13.7. The van der Waals surface area contributed by atoms with Crippen LogP contribution in [0.25, 0.3) is 0 Å². The number of aliphatic hydroxyl groups is 1. The lowest BCUT2D eigenvalue weighted by Gasteiger charge is -2.23. The number of likely N-dealkylation sites (tertiary alicyclic amines) is 1. The smallest absolute Gasteiger partial charge is 0.227 e. The highest BCUT2D eigenvalue weighted by molar-refractivity contribution is 6.31. The Morgan fingerprint density at radius 2 is 2.33 bits per heavy atom. The zero-order valence-electron chi connectivity index (χ0n) is 9.90. The molecule has 18 heavy (non-hydrogen) atoms. The van der Waals surface area contributed by atoms with Gasteiger partial charge in [0, 0.05) is 17.1 Å². The molecule has 0 aromatic heterocycles. The van der Waals surface area contributed by atoms with Gasteiger partial charge < -0.3 is 10.0 Å². The van der Waals surface area contributed by atoms with Gasteiger partial charge in [-0.15, -0.1) is 0 Å². The van der Waals surface area contributed by atoms with Crippen LogP contribution in [0.3, 0.4) is 0 Å². The van der Waals surface area contributed by atoms with E-state index in [0.29, 0.717) is 6.54 Å². The van der Waals surface area contributed by atoms with Gasteiger partial charge >= 0.3 is 0 Å². The van der Waals surface area contributed by atoms with E-state index < -0.39 is 5.82 Å². The summed E-state index contributed by atoms with van der Waals surface area (Å²) in [5, 5.41) is 9.43. The van der Waals surface area contributed by atoms with E-state index in [0.717, 1.165) is 12.8 Å². The Balaban J connectivity index is 2.12. The lowest BCUT2D eigenvalue weighted by Crippen LogP contribution is -2.38. The molecule has 1 N–H and O–H groups in total. The number of carbonyl (C=O) groups is 1. The Kier molecular flexibility index (Phi) is 4.19. The molecule has 0 spiro atoms. The molecule has 1 fully saturated rings. The second kappa shape index (κ2) is 5.67. The highest BCUT2D eigenvalue weighted by atomic mass is 35.5. The second-order valence-corrected chi connectivity index (χ2v) is 4.85. The number of aliphatic hydroxyl groups excluding tert-OH is 1. The largest absolute Gasteiger partial charge is 0.394 e. The SMILES string of the molecule is O=C(Cc1c(F)cccc1Cl)N1CCC[C@H]1CO. The van der Waals surface area contributed by atoms with Crippen LogP contribution in [-0.2, 0) is 11.2 Å². The maximum atomic E-state index is 13.6. The number of carbonyl (C=O) groups excluding carboxylic acids is 1. The molecule has 1 aliphatic heterocycles. The monoisotopic (exact) mass is 271 g/mol. The first-order valence-corrected chi connectivity index (χ1v) is 6.34. The maximum Gasteiger partial charge on any atom is 0.227 e. The zero-order chi connectivity index (χ0) is 13.1. The van der Waals surface area contributed by atoms with Crippen LogP contribution in [0, 0.1) is 5.82 Å². The van der Waals surface area contributed by atoms with Gasteiger partial charge in [0.2, 0.25) is 5.91 Å². The third kappa shape index (κ3) is 2.65. The average Bonchev–Trinajstić information content (AvgIpc) is 2.82. The van der Waals surface area contributed by atoms with Gasteiger partial charge in [0.1, 0.15) is 5.82 Å². The van der Waals surface area contributed by atoms with E-state index in [9.17, 15) is 9.18 Å². The average molecular weight is 272 g/mol. The van der Waals surface area contributed by atoms with Gasteiger partial charge in [-0.05, 0) is 25.0 Å². The summed E-state index contributed by atoms with van der Waals surface area (Å²) in [7, 11) is 0. The summed E-state index contributed by atoms with van der Waals surface area (Å²) in [6.45, 7) is 0.576. The molecule has 0 bridgehead atoms. The van der Waals surface area contributed by atoms with Crippen LogP contribution in [0.2, 0.25) is 5.02 Å². The first kappa shape index (κ1) is 13.3. The van der Waals surface area contributed by atoms with Crippen molar-refractivity contribution in [3.8, 4) is 0 Å². The van der Waals surface area contributed by atoms with Crippen molar-refractivity contribution >= 4 is 17.5 Å². The summed E-state index contributed by atoms with van der Waals surface area (Å²) < 4.78 is 13.6. The quantitative estimate of drug-likeness (QED) is 0.914. The van der Waals surface area contributed by atoms with E-state index in [1.165, 1.54) is 12.1 Å². The van der Waals surface area contributed by atoms with E-state index in [4.69, 9.17) is 16.7 Å². The van der Waals surface area contributed by atoms with Crippen LogP contribution in [0.1, 0.15) is 18.4 Å². The van der Waals surface area contributed by atoms with Gasteiger partial charge in [0.05, 0.1) is 19.1 Å². The van der Waals surface area contributed by atoms with Gasteiger partial charge in [0.25, 0.3) is 0 Å². The van der Waals surface area contributed by atoms with Crippen LogP contribution < -0.4 is 0 Å². The second-order valence-electron chi connectivity index (χ2n) is 4.44. The van der Waals surface area contributed by atoms with Gasteiger partial charge in [-0.2, -0.15) is 0 Å². The van der Waals surface area contributed by atoms with Crippen LogP contribution in [-0.4, -0.2) is 35.1 Å². The summed E-state index contributed by atoms with van der Waals surface area (Å²) in [5.41, 5.74) is 0.229. The number of benzene rings is 1. The molecule has 2 rings (SSSR count). The normalized spacial score (nSPS) is 19.3. The van der Waals surface area contributed by atoms with E-state index in [-0.39, 0.29) is 35.6 Å². The lowest BCUT2D eigenvalue weighted by molar-refractivity contribution is -0.132. The van der Waals surface area contributed by atoms with Crippen molar-refractivity contribution in [2.45, 2.75) is 25.3 Å². The van der Waals surface area contributed by atoms with E-state index in [1.54, 1.807) is 11.0 Å². The minimum absolute atomic E-state index is 0.0449. The standard InChI is InChI=1S/C13H15ClFNO2/c14-11-4-1-5-12(15)10(11)7-13(18)16-6-2-3-9(16)8-17/h1,4-5,9,17H,2-3,6-8H2/t9-/m0/s1. The highest BCUT2D eigenvalue weighted by Gasteiger charge is 2.28. The minimum atomic E-state index is -0.462. The van der Waals surface area contributed by atoms with Crippen molar-refractivity contribution in [1.29, 1.82) is 0 Å². The third-order valence-electron chi connectivity index (χ3n) is 3.30. The number of nitrogens with zero attached hydrogens (tertiary/aromatic N) is 1. The van der Waals surface area contributed by atoms with Crippen molar-refractivity contribution in [3.63, 3.8) is 0 Å². The Morgan fingerprint density at radius 3 is 3.00 bits per heavy atom. The fourth-order valence-electron chi connectivity index (χ4n) is 2.31. The van der Waals surface area contributed by atoms with E-state index >= 15 is 0 Å². The summed E-state index contributed by atoms with van der Waals surface area (Å²) in [6.07, 6.45) is 1.62. The number of hydrogen-bond acceptors (Lipinski definition) is 2. The molecule has 1 aromatic carbocycles. The number of amides is 1. The molecule has 0 radical (unpaired) electrons. The summed E-state index contributed by atoms with van der Waals surface area (Å²) >= 11 is 5.89. The fourth-order valence-corrected chi connectivity index (χ4v) is 2.54. The maximum absolute atomic E-state index is 13.6. The Labute approximate surface area is 110 Å². The molecule has 0 unspecified atom stereocenters. The molecule has 1 aliphatic rings. The van der Waals surface area contributed by atoms with Crippen molar-refractivity contribution in [2.75, 3.05) is 13.2 Å². The van der Waals surface area contributed by atoms with Crippen LogP contribution in [0.4, 0.5) is 4.39 Å². The molecule has 5 heteroatoms. The zero-order valence-corrected chi connectivity index (χ0v) is 10.7. The Hall–Kier alpha value is -1.13. The first-order valence-electron chi connectivity index (χ1n) is 5.96. The molecule has 1 atom stereocenters. The molecule has 0 saturated carbocycles. The van der Waals surface area contributed by atoms with Crippen LogP contribution in [0.15, 0.2) is 18.2 Å². The minimum Gasteiger partial charge on any atom is -0.394 e. The van der Waals surface area contributed by atoms with Gasteiger partial charge in [-0.3, -0.25) is 4.79 Å². The number of rotatable bonds is 3. The third-order valence-corrected chi connectivity index (χ3v) is 3.65. The Morgan fingerprint density at radius 1 is 1.56 bits per heavy atom. The predicted octanol–water partition coefficient (Wildman–Crippen LogP) is 2.00. The molecule has 1 aromatic rings. The van der Waals surface area contributed by atoms with Crippen molar-refractivity contribution in [1.82, 2.24) is 4.90 Å². The molecule has 1 amide bonds. The molecule has 1 saturated heterocycles.